The molecule has 0 aliphatic carbocycles. The Morgan fingerprint density at radius 1 is 1.00 bits per heavy atom. The van der Waals surface area contributed by atoms with Crippen LogP contribution in [0.2, 0.25) is 0 Å². The molecule has 2 heterocycles. The molecule has 0 amide bonds. The molecule has 0 saturated heterocycles. The van der Waals surface area contributed by atoms with Gasteiger partial charge in [-0.15, -0.1) is 21.5 Å². The van der Waals surface area contributed by atoms with E-state index in [4.69, 9.17) is 4.74 Å². The van der Waals surface area contributed by atoms with Crippen LogP contribution < -0.4 is 4.74 Å². The van der Waals surface area contributed by atoms with Crippen molar-refractivity contribution in [1.29, 1.82) is 0 Å². The maximum Gasteiger partial charge on any atom is 0.184 e. The Morgan fingerprint density at radius 3 is 2.62 bits per heavy atom. The molecule has 0 aliphatic heterocycles. The number of nitrogens with zero attached hydrogens (tertiary/aromatic N) is 3. The van der Waals surface area contributed by atoms with Gasteiger partial charge in [-0.05, 0) is 59.0 Å². The largest absolute Gasteiger partial charge is 0.496 e. The van der Waals surface area contributed by atoms with Gasteiger partial charge in [0, 0.05) is 17.1 Å². The summed E-state index contributed by atoms with van der Waals surface area (Å²) in [7, 11) is -2.01. The monoisotopic (exact) mass is 491 g/mol. The first kappa shape index (κ1) is 22.1. The molecule has 6 nitrogen and oxygen atoms in total. The fourth-order valence-corrected chi connectivity index (χ4v) is 5.99. The van der Waals surface area contributed by atoms with E-state index < -0.39 is 9.84 Å². The average Bonchev–Trinajstić information content (AvgIpc) is 3.35. The minimum absolute atomic E-state index is 0.202. The van der Waals surface area contributed by atoms with E-state index in [2.05, 4.69) is 15.2 Å². The molecule has 0 saturated carbocycles. The summed E-state index contributed by atoms with van der Waals surface area (Å²) in [5.74, 6) is 0.0819. The van der Waals surface area contributed by atoms with Crippen molar-refractivity contribution >= 4 is 31.9 Å². The minimum atomic E-state index is -3.58. The third-order valence-electron chi connectivity index (χ3n) is 5.43. The van der Waals surface area contributed by atoms with Crippen LogP contribution in [0, 0.1) is 5.82 Å². The van der Waals surface area contributed by atoms with Crippen molar-refractivity contribution in [2.75, 3.05) is 7.11 Å². The van der Waals surface area contributed by atoms with Gasteiger partial charge in [0.2, 0.25) is 0 Å². The molecule has 0 unspecified atom stereocenters. The predicted octanol–water partition coefficient (Wildman–Crippen LogP) is 5.54. The first-order valence-electron chi connectivity index (χ1n) is 10.3. The van der Waals surface area contributed by atoms with E-state index in [1.807, 2.05) is 24.3 Å². The van der Waals surface area contributed by atoms with E-state index in [1.54, 1.807) is 43.6 Å². The molecule has 5 aromatic rings. The van der Waals surface area contributed by atoms with Crippen LogP contribution in [-0.4, -0.2) is 30.7 Å². The molecule has 34 heavy (non-hydrogen) atoms. The van der Waals surface area contributed by atoms with E-state index in [9.17, 15) is 12.8 Å². The van der Waals surface area contributed by atoms with Crippen molar-refractivity contribution in [1.82, 2.24) is 15.2 Å². The Hall–Kier alpha value is -3.69. The number of hydrogen-bond acceptors (Lipinski definition) is 7. The molecule has 170 valence electrons. The zero-order valence-electron chi connectivity index (χ0n) is 18.0. The molecule has 0 atom stereocenters. The molecule has 0 spiro atoms. The molecule has 0 N–H and O–H groups in total. The highest BCUT2D eigenvalue weighted by Gasteiger charge is 2.19. The molecule has 9 heteroatoms. The van der Waals surface area contributed by atoms with Crippen LogP contribution in [-0.2, 0) is 15.6 Å². The van der Waals surface area contributed by atoms with E-state index in [1.165, 1.54) is 29.0 Å². The number of ether oxygens (including phenoxy) is 1. The number of hydrogen-bond donors (Lipinski definition) is 0. The Labute approximate surface area is 199 Å². The van der Waals surface area contributed by atoms with Gasteiger partial charge in [0.15, 0.2) is 9.84 Å². The van der Waals surface area contributed by atoms with Crippen LogP contribution in [0.5, 0.6) is 5.75 Å². The standard InChI is InChI=1S/C25H18FN3O3S2/c1-32-23-8-5-17(16-3-2-4-19(26)11-16)13-22(23)25-21-7-6-20(12-18(21)9-10-27-25)34(30,31)14-24-29-28-15-33-24/h2-13,15H,14H2,1H3. The highest BCUT2D eigenvalue weighted by atomic mass is 32.2. The van der Waals surface area contributed by atoms with Gasteiger partial charge in [0.25, 0.3) is 0 Å². The quantitative estimate of drug-likeness (QED) is 0.310. The Bertz CT molecular complexity index is 1600. The molecule has 0 radical (unpaired) electrons. The van der Waals surface area contributed by atoms with Crippen molar-refractivity contribution in [3.63, 3.8) is 0 Å². The van der Waals surface area contributed by atoms with Crippen LogP contribution in [0.1, 0.15) is 5.01 Å². The van der Waals surface area contributed by atoms with Gasteiger partial charge >= 0.3 is 0 Å². The molecule has 0 aliphatic rings. The number of sulfone groups is 1. The van der Waals surface area contributed by atoms with Crippen molar-refractivity contribution < 1.29 is 17.5 Å². The second kappa shape index (κ2) is 8.92. The lowest BCUT2D eigenvalue weighted by atomic mass is 9.98. The third kappa shape index (κ3) is 4.27. The van der Waals surface area contributed by atoms with Crippen molar-refractivity contribution in [2.24, 2.45) is 0 Å². The lowest BCUT2D eigenvalue weighted by Gasteiger charge is -2.13. The molecule has 0 fully saturated rings. The van der Waals surface area contributed by atoms with Gasteiger partial charge in [-0.3, -0.25) is 4.98 Å². The second-order valence-electron chi connectivity index (χ2n) is 7.56. The molecule has 5 rings (SSSR count). The van der Waals surface area contributed by atoms with Gasteiger partial charge < -0.3 is 4.74 Å². The Kier molecular flexibility index (Phi) is 5.80. The van der Waals surface area contributed by atoms with Crippen LogP contribution in [0.15, 0.2) is 83.3 Å². The summed E-state index contributed by atoms with van der Waals surface area (Å²) in [4.78, 5) is 4.77. The van der Waals surface area contributed by atoms with Gasteiger partial charge in [-0.25, -0.2) is 12.8 Å². The van der Waals surface area contributed by atoms with Crippen LogP contribution in [0.3, 0.4) is 0 Å². The fraction of sp³-hybridized carbons (Fsp3) is 0.0800. The summed E-state index contributed by atoms with van der Waals surface area (Å²) >= 11 is 1.20. The number of methoxy groups -OCH3 is 1. The maximum atomic E-state index is 13.8. The van der Waals surface area contributed by atoms with E-state index in [0.717, 1.165) is 27.5 Å². The topological polar surface area (TPSA) is 82.0 Å². The highest BCUT2D eigenvalue weighted by Crippen LogP contribution is 2.37. The number of halogens is 1. The van der Waals surface area contributed by atoms with E-state index in [-0.39, 0.29) is 16.5 Å². The number of pyridine rings is 1. The van der Waals surface area contributed by atoms with Gasteiger partial charge in [0.1, 0.15) is 27.8 Å². The predicted molar refractivity (Wildman–Crippen MR) is 130 cm³/mol. The first-order valence-corrected chi connectivity index (χ1v) is 12.8. The first-order chi connectivity index (χ1) is 16.4. The smallest absolute Gasteiger partial charge is 0.184 e. The number of fused-ring (bicyclic) bond motifs is 1. The van der Waals surface area contributed by atoms with Crippen LogP contribution in [0.4, 0.5) is 4.39 Å². The lowest BCUT2D eigenvalue weighted by molar-refractivity contribution is 0.416. The lowest BCUT2D eigenvalue weighted by Crippen LogP contribution is -2.05. The molecular weight excluding hydrogens is 473 g/mol. The van der Waals surface area contributed by atoms with Crippen molar-refractivity contribution in [3.05, 3.63) is 89.3 Å². The summed E-state index contributed by atoms with van der Waals surface area (Å²) in [5, 5.41) is 9.48. The number of benzene rings is 3. The zero-order valence-corrected chi connectivity index (χ0v) is 19.6. The molecule has 3 aromatic carbocycles. The van der Waals surface area contributed by atoms with E-state index >= 15 is 0 Å². The fourth-order valence-electron chi connectivity index (χ4n) is 3.81. The summed E-state index contributed by atoms with van der Waals surface area (Å²) < 4.78 is 45.2. The Morgan fingerprint density at radius 2 is 1.85 bits per heavy atom. The Balaban J connectivity index is 1.61. The zero-order chi connectivity index (χ0) is 23.7. The van der Waals surface area contributed by atoms with Gasteiger partial charge in [-0.1, -0.05) is 24.3 Å². The summed E-state index contributed by atoms with van der Waals surface area (Å²) in [5.41, 5.74) is 4.41. The molecule has 0 bridgehead atoms. The van der Waals surface area contributed by atoms with E-state index in [0.29, 0.717) is 16.5 Å². The molecular formula is C25H18FN3O3S2. The third-order valence-corrected chi connectivity index (χ3v) is 7.93. The number of rotatable bonds is 6. The molecule has 2 aromatic heterocycles. The highest BCUT2D eigenvalue weighted by molar-refractivity contribution is 7.90. The number of aromatic nitrogens is 3. The normalized spacial score (nSPS) is 11.6. The van der Waals surface area contributed by atoms with Crippen LogP contribution >= 0.6 is 11.3 Å². The van der Waals surface area contributed by atoms with Gasteiger partial charge in [0.05, 0.1) is 17.7 Å². The van der Waals surface area contributed by atoms with Gasteiger partial charge in [-0.2, -0.15) is 0 Å². The maximum absolute atomic E-state index is 13.8. The summed E-state index contributed by atoms with van der Waals surface area (Å²) in [6, 6.07) is 18.7. The van der Waals surface area contributed by atoms with Crippen molar-refractivity contribution in [2.45, 2.75) is 10.6 Å². The SMILES string of the molecule is COc1ccc(-c2cccc(F)c2)cc1-c1nccc2cc(S(=O)(=O)Cc3nncs3)ccc12. The minimum Gasteiger partial charge on any atom is -0.496 e. The second-order valence-corrected chi connectivity index (χ2v) is 10.5. The average molecular weight is 492 g/mol. The van der Waals surface area contributed by atoms with Crippen molar-refractivity contribution in [3.8, 4) is 28.1 Å². The summed E-state index contributed by atoms with van der Waals surface area (Å²) in [6.07, 6.45) is 1.63. The van der Waals surface area contributed by atoms with Crippen LogP contribution in [0.25, 0.3) is 33.2 Å². The summed E-state index contributed by atoms with van der Waals surface area (Å²) in [6.45, 7) is 0.